The topological polar surface area (TPSA) is 62.2 Å². The first-order valence-corrected chi connectivity index (χ1v) is 6.07. The first-order valence-electron chi connectivity index (χ1n) is 6.07. The summed E-state index contributed by atoms with van der Waals surface area (Å²) in [4.78, 5) is 16.0. The van der Waals surface area contributed by atoms with Gasteiger partial charge in [0.15, 0.2) is 0 Å². The highest BCUT2D eigenvalue weighted by molar-refractivity contribution is 6.04. The molecule has 0 aliphatic carbocycles. The van der Waals surface area contributed by atoms with Gasteiger partial charge in [-0.1, -0.05) is 12.1 Å². The molecule has 4 nitrogen and oxygen atoms in total. The van der Waals surface area contributed by atoms with Gasteiger partial charge < -0.3 is 10.4 Å². The summed E-state index contributed by atoms with van der Waals surface area (Å²) >= 11 is 0. The van der Waals surface area contributed by atoms with Crippen molar-refractivity contribution < 1.29 is 9.90 Å². The van der Waals surface area contributed by atoms with Crippen molar-refractivity contribution in [2.45, 2.75) is 20.0 Å². The number of rotatable bonds is 3. The van der Waals surface area contributed by atoms with E-state index in [4.69, 9.17) is 0 Å². The number of aliphatic hydroxyl groups excluding tert-OH is 1. The monoisotopic (exact) mass is 256 g/mol. The first kappa shape index (κ1) is 13.2. The maximum absolute atomic E-state index is 12.0. The molecule has 0 aliphatic rings. The molecule has 0 fully saturated rings. The number of nitrogens with one attached hydrogen (secondary N) is 1. The lowest BCUT2D eigenvalue weighted by Crippen LogP contribution is -2.12. The van der Waals surface area contributed by atoms with Gasteiger partial charge in [-0.2, -0.15) is 0 Å². The minimum absolute atomic E-state index is 0.209. The van der Waals surface area contributed by atoms with Crippen LogP contribution in [0.5, 0.6) is 0 Å². The van der Waals surface area contributed by atoms with E-state index >= 15 is 0 Å². The molecule has 0 radical (unpaired) electrons. The molecule has 0 unspecified atom stereocenters. The van der Waals surface area contributed by atoms with E-state index in [1.54, 1.807) is 37.4 Å². The van der Waals surface area contributed by atoms with E-state index in [9.17, 15) is 9.90 Å². The number of aromatic nitrogens is 1. The number of benzene rings is 1. The lowest BCUT2D eigenvalue weighted by Gasteiger charge is -2.09. The zero-order valence-corrected chi connectivity index (χ0v) is 10.9. The molecule has 19 heavy (non-hydrogen) atoms. The Balaban J connectivity index is 2.17. The van der Waals surface area contributed by atoms with Crippen LogP contribution in [-0.2, 0) is 0 Å². The van der Waals surface area contributed by atoms with Crippen molar-refractivity contribution in [1.29, 1.82) is 0 Å². The number of pyridine rings is 1. The molecule has 2 N–H and O–H groups in total. The molecule has 2 aromatic rings. The average Bonchev–Trinajstić information content (AvgIpc) is 2.39. The third-order valence-electron chi connectivity index (χ3n) is 2.76. The third-order valence-corrected chi connectivity index (χ3v) is 2.76. The average molecular weight is 256 g/mol. The van der Waals surface area contributed by atoms with E-state index in [1.165, 1.54) is 6.20 Å². The van der Waals surface area contributed by atoms with E-state index in [0.717, 1.165) is 11.1 Å². The normalized spacial score (nSPS) is 11.9. The SMILES string of the molecule is Cc1cncc(C(=O)Nc2cccc([C@@H](C)O)c2)c1. The Hall–Kier alpha value is -2.20. The summed E-state index contributed by atoms with van der Waals surface area (Å²) < 4.78 is 0. The van der Waals surface area contributed by atoms with Gasteiger partial charge in [0, 0.05) is 18.1 Å². The van der Waals surface area contributed by atoms with Gasteiger partial charge in [0.25, 0.3) is 5.91 Å². The number of aryl methyl sites for hydroxylation is 1. The fourth-order valence-corrected chi connectivity index (χ4v) is 1.76. The van der Waals surface area contributed by atoms with E-state index < -0.39 is 6.10 Å². The second-order valence-corrected chi connectivity index (χ2v) is 4.51. The Morgan fingerprint density at radius 1 is 1.32 bits per heavy atom. The van der Waals surface area contributed by atoms with E-state index in [-0.39, 0.29) is 5.91 Å². The zero-order chi connectivity index (χ0) is 13.8. The molecule has 1 amide bonds. The van der Waals surface area contributed by atoms with Crippen molar-refractivity contribution in [3.8, 4) is 0 Å². The number of amides is 1. The molecule has 0 saturated heterocycles. The van der Waals surface area contributed by atoms with Crippen molar-refractivity contribution in [2.24, 2.45) is 0 Å². The van der Waals surface area contributed by atoms with Gasteiger partial charge in [0.2, 0.25) is 0 Å². The Bertz CT molecular complexity index is 594. The van der Waals surface area contributed by atoms with Crippen molar-refractivity contribution >= 4 is 11.6 Å². The summed E-state index contributed by atoms with van der Waals surface area (Å²) in [5.41, 5.74) is 2.87. The predicted octanol–water partition coefficient (Wildman–Crippen LogP) is 2.70. The molecule has 0 saturated carbocycles. The molecular weight excluding hydrogens is 240 g/mol. The number of hydrogen-bond donors (Lipinski definition) is 2. The molecule has 0 aliphatic heterocycles. The van der Waals surface area contributed by atoms with Crippen LogP contribution < -0.4 is 5.32 Å². The lowest BCUT2D eigenvalue weighted by atomic mass is 10.1. The van der Waals surface area contributed by atoms with Crippen LogP contribution >= 0.6 is 0 Å². The maximum Gasteiger partial charge on any atom is 0.257 e. The molecule has 0 spiro atoms. The van der Waals surface area contributed by atoms with Crippen LogP contribution in [0.1, 0.15) is 34.5 Å². The minimum atomic E-state index is -0.558. The first-order chi connectivity index (χ1) is 9.06. The number of carbonyl (C=O) groups is 1. The molecule has 1 heterocycles. The van der Waals surface area contributed by atoms with Crippen LogP contribution in [0, 0.1) is 6.92 Å². The molecule has 2 rings (SSSR count). The Morgan fingerprint density at radius 2 is 2.11 bits per heavy atom. The highest BCUT2D eigenvalue weighted by Gasteiger charge is 2.08. The summed E-state index contributed by atoms with van der Waals surface area (Å²) in [6.07, 6.45) is 2.67. The van der Waals surface area contributed by atoms with Gasteiger partial charge in [-0.05, 0) is 43.2 Å². The Kier molecular flexibility index (Phi) is 3.92. The summed E-state index contributed by atoms with van der Waals surface area (Å²) in [5, 5.41) is 12.3. The highest BCUT2D eigenvalue weighted by Crippen LogP contribution is 2.17. The molecule has 1 atom stereocenters. The largest absolute Gasteiger partial charge is 0.389 e. The molecule has 1 aromatic carbocycles. The third kappa shape index (κ3) is 3.39. The summed E-state index contributed by atoms with van der Waals surface area (Å²) in [6.45, 7) is 3.57. The maximum atomic E-state index is 12.0. The Labute approximate surface area is 112 Å². The van der Waals surface area contributed by atoms with Crippen LogP contribution in [0.15, 0.2) is 42.7 Å². The second-order valence-electron chi connectivity index (χ2n) is 4.51. The molecule has 98 valence electrons. The van der Waals surface area contributed by atoms with Crippen LogP contribution in [0.4, 0.5) is 5.69 Å². The van der Waals surface area contributed by atoms with Gasteiger partial charge in [0.05, 0.1) is 11.7 Å². The van der Waals surface area contributed by atoms with Gasteiger partial charge in [-0.3, -0.25) is 9.78 Å². The lowest BCUT2D eigenvalue weighted by molar-refractivity contribution is 0.102. The fourth-order valence-electron chi connectivity index (χ4n) is 1.76. The highest BCUT2D eigenvalue weighted by atomic mass is 16.3. The summed E-state index contributed by atoms with van der Waals surface area (Å²) in [6, 6.07) is 8.93. The number of hydrogen-bond acceptors (Lipinski definition) is 3. The second kappa shape index (κ2) is 5.63. The predicted molar refractivity (Wildman–Crippen MR) is 74.0 cm³/mol. The standard InChI is InChI=1S/C15H16N2O2/c1-10-6-13(9-16-8-10)15(19)17-14-5-3-4-12(7-14)11(2)18/h3-9,11,18H,1-2H3,(H,17,19)/t11-/m1/s1. The van der Waals surface area contributed by atoms with Crippen LogP contribution in [0.3, 0.4) is 0 Å². The van der Waals surface area contributed by atoms with E-state index in [1.807, 2.05) is 13.0 Å². The number of nitrogens with zero attached hydrogens (tertiary/aromatic N) is 1. The molecule has 0 bridgehead atoms. The number of aliphatic hydroxyl groups is 1. The molecular formula is C15H16N2O2. The zero-order valence-electron chi connectivity index (χ0n) is 10.9. The van der Waals surface area contributed by atoms with Gasteiger partial charge in [0.1, 0.15) is 0 Å². The van der Waals surface area contributed by atoms with Crippen LogP contribution in [-0.4, -0.2) is 16.0 Å². The quantitative estimate of drug-likeness (QED) is 0.887. The van der Waals surface area contributed by atoms with E-state index in [0.29, 0.717) is 11.3 Å². The molecule has 1 aromatic heterocycles. The fraction of sp³-hybridized carbons (Fsp3) is 0.200. The van der Waals surface area contributed by atoms with Crippen molar-refractivity contribution in [3.05, 3.63) is 59.4 Å². The molecule has 4 heteroatoms. The number of carbonyl (C=O) groups excluding carboxylic acids is 1. The summed E-state index contributed by atoms with van der Waals surface area (Å²) in [5.74, 6) is -0.209. The van der Waals surface area contributed by atoms with Gasteiger partial charge in [-0.25, -0.2) is 0 Å². The van der Waals surface area contributed by atoms with Gasteiger partial charge >= 0.3 is 0 Å². The van der Waals surface area contributed by atoms with Crippen molar-refractivity contribution in [1.82, 2.24) is 4.98 Å². The Morgan fingerprint density at radius 3 is 2.79 bits per heavy atom. The van der Waals surface area contributed by atoms with E-state index in [2.05, 4.69) is 10.3 Å². The minimum Gasteiger partial charge on any atom is -0.389 e. The van der Waals surface area contributed by atoms with Crippen LogP contribution in [0.25, 0.3) is 0 Å². The summed E-state index contributed by atoms with van der Waals surface area (Å²) in [7, 11) is 0. The van der Waals surface area contributed by atoms with Crippen LogP contribution in [0.2, 0.25) is 0 Å². The smallest absolute Gasteiger partial charge is 0.257 e. The van der Waals surface area contributed by atoms with Crippen molar-refractivity contribution in [2.75, 3.05) is 5.32 Å². The number of anilines is 1. The van der Waals surface area contributed by atoms with Crippen molar-refractivity contribution in [3.63, 3.8) is 0 Å². The van der Waals surface area contributed by atoms with Gasteiger partial charge in [-0.15, -0.1) is 0 Å².